The van der Waals surface area contributed by atoms with Gasteiger partial charge >= 0.3 is 0 Å². The maximum atomic E-state index is 13.4. The number of hydrogen-bond acceptors (Lipinski definition) is 8. The van der Waals surface area contributed by atoms with E-state index in [4.69, 9.17) is 26.8 Å². The number of aromatic nitrogens is 4. The van der Waals surface area contributed by atoms with Crippen molar-refractivity contribution in [1.82, 2.24) is 19.7 Å². The Labute approximate surface area is 228 Å². The van der Waals surface area contributed by atoms with E-state index >= 15 is 0 Å². The van der Waals surface area contributed by atoms with Crippen LogP contribution < -0.4 is 19.9 Å². The van der Waals surface area contributed by atoms with E-state index in [1.807, 2.05) is 6.92 Å². The van der Waals surface area contributed by atoms with Crippen LogP contribution in [-0.2, 0) is 10.0 Å². The zero-order chi connectivity index (χ0) is 27.9. The van der Waals surface area contributed by atoms with Crippen LogP contribution in [0.15, 0.2) is 60.9 Å². The number of pyridine rings is 1. The van der Waals surface area contributed by atoms with Crippen molar-refractivity contribution in [3.05, 3.63) is 82.8 Å². The van der Waals surface area contributed by atoms with Crippen molar-refractivity contribution >= 4 is 49.8 Å². The second-order valence-corrected chi connectivity index (χ2v) is 10.9. The molecular formula is C26H23ClN6O5S. The van der Waals surface area contributed by atoms with E-state index in [0.717, 1.165) is 11.8 Å². The number of hydrogen-bond donors (Lipinski definition) is 3. The number of methoxy groups -OCH3 is 1. The number of nitrogens with zero attached hydrogens (tertiary/aromatic N) is 3. The minimum Gasteiger partial charge on any atom is -0.495 e. The Morgan fingerprint density at radius 1 is 1.13 bits per heavy atom. The van der Waals surface area contributed by atoms with Crippen LogP contribution in [0.1, 0.15) is 21.6 Å². The SMILES string of the molecule is COc1cc2cc(C(=O)c3cnn(-c4cnc(Oc5ccccc5Cl)cc4C)c3N)[nH]c2cc1NS(C)(=O)=O. The Bertz CT molecular complexity index is 1850. The first kappa shape index (κ1) is 26.1. The number of rotatable bonds is 8. The number of aryl methyl sites for hydroxylation is 1. The molecule has 2 aromatic carbocycles. The fourth-order valence-electron chi connectivity index (χ4n) is 4.04. The second kappa shape index (κ2) is 9.97. The maximum absolute atomic E-state index is 13.4. The second-order valence-electron chi connectivity index (χ2n) is 8.72. The number of ketones is 1. The van der Waals surface area contributed by atoms with Crippen molar-refractivity contribution in [3.63, 3.8) is 0 Å². The van der Waals surface area contributed by atoms with Crippen molar-refractivity contribution in [2.45, 2.75) is 6.92 Å². The van der Waals surface area contributed by atoms with Crippen LogP contribution in [0.3, 0.4) is 0 Å². The molecule has 5 rings (SSSR count). The normalized spacial score (nSPS) is 11.5. The summed E-state index contributed by atoms with van der Waals surface area (Å²) >= 11 is 6.17. The fraction of sp³-hybridized carbons (Fsp3) is 0.115. The smallest absolute Gasteiger partial charge is 0.229 e. The number of ether oxygens (including phenoxy) is 2. The van der Waals surface area contributed by atoms with Crippen molar-refractivity contribution in [2.24, 2.45) is 0 Å². The van der Waals surface area contributed by atoms with Crippen LogP contribution in [0.2, 0.25) is 5.02 Å². The van der Waals surface area contributed by atoms with Crippen LogP contribution >= 0.6 is 11.6 Å². The summed E-state index contributed by atoms with van der Waals surface area (Å²) in [7, 11) is -2.12. The van der Waals surface area contributed by atoms with Gasteiger partial charge in [0.05, 0.1) is 53.4 Å². The molecule has 0 unspecified atom stereocenters. The number of sulfonamides is 1. The standard InChI is InChI=1S/C26H23ClN6O5S/c1-14-8-24(38-22-7-5-4-6-17(22)27)29-13-21(14)33-26(28)16(12-30-33)25(34)20-9-15-10-23(37-2)19(11-18(15)31-20)32-39(3,35)36/h4-13,31-32H,28H2,1-3H3. The molecule has 3 aromatic heterocycles. The lowest BCUT2D eigenvalue weighted by molar-refractivity contribution is 0.103. The highest BCUT2D eigenvalue weighted by molar-refractivity contribution is 7.92. The van der Waals surface area contributed by atoms with E-state index in [9.17, 15) is 13.2 Å². The summed E-state index contributed by atoms with van der Waals surface area (Å²) in [5.74, 6) is 0.851. The molecule has 3 heterocycles. The molecule has 200 valence electrons. The van der Waals surface area contributed by atoms with E-state index in [0.29, 0.717) is 39.0 Å². The van der Waals surface area contributed by atoms with Crippen LogP contribution in [0, 0.1) is 6.92 Å². The van der Waals surface area contributed by atoms with E-state index in [-0.39, 0.29) is 22.8 Å². The molecule has 5 aromatic rings. The van der Waals surface area contributed by atoms with Gasteiger partial charge in [-0.25, -0.2) is 18.1 Å². The molecule has 39 heavy (non-hydrogen) atoms. The summed E-state index contributed by atoms with van der Waals surface area (Å²) in [4.78, 5) is 20.7. The van der Waals surface area contributed by atoms with E-state index in [1.165, 1.54) is 18.0 Å². The highest BCUT2D eigenvalue weighted by atomic mass is 35.5. The maximum Gasteiger partial charge on any atom is 0.229 e. The predicted octanol–water partition coefficient (Wildman–Crippen LogP) is 4.70. The van der Waals surface area contributed by atoms with E-state index in [2.05, 4.69) is 19.8 Å². The van der Waals surface area contributed by atoms with E-state index in [1.54, 1.807) is 54.7 Å². The number of H-pyrrole nitrogens is 1. The molecule has 0 saturated heterocycles. The summed E-state index contributed by atoms with van der Waals surface area (Å²) in [6.45, 7) is 1.84. The van der Waals surface area contributed by atoms with Crippen LogP contribution in [0.4, 0.5) is 11.5 Å². The lowest BCUT2D eigenvalue weighted by atomic mass is 10.1. The van der Waals surface area contributed by atoms with Gasteiger partial charge in [-0.2, -0.15) is 5.10 Å². The van der Waals surface area contributed by atoms with Gasteiger partial charge in [-0.3, -0.25) is 9.52 Å². The molecule has 0 saturated carbocycles. The number of nitrogen functional groups attached to an aromatic ring is 1. The number of carbonyl (C=O) groups excluding carboxylic acids is 1. The third-order valence-electron chi connectivity index (χ3n) is 5.87. The molecule has 0 fully saturated rings. The van der Waals surface area contributed by atoms with Crippen LogP contribution in [-0.4, -0.2) is 47.3 Å². The molecule has 13 heteroatoms. The van der Waals surface area contributed by atoms with Crippen molar-refractivity contribution in [1.29, 1.82) is 0 Å². The third-order valence-corrected chi connectivity index (χ3v) is 6.77. The number of aromatic amines is 1. The molecule has 0 aliphatic carbocycles. The van der Waals surface area contributed by atoms with Gasteiger partial charge in [0.15, 0.2) is 0 Å². The molecule has 0 aliphatic heterocycles. The first-order valence-corrected chi connectivity index (χ1v) is 13.8. The number of para-hydroxylation sites is 1. The van der Waals surface area contributed by atoms with Crippen molar-refractivity contribution in [3.8, 4) is 23.1 Å². The number of carbonyl (C=O) groups is 1. The molecule has 4 N–H and O–H groups in total. The number of halogens is 1. The summed E-state index contributed by atoms with van der Waals surface area (Å²) in [5.41, 5.74) is 8.87. The summed E-state index contributed by atoms with van der Waals surface area (Å²) in [6, 6.07) is 13.6. The zero-order valence-electron chi connectivity index (χ0n) is 21.0. The average Bonchev–Trinajstić information content (AvgIpc) is 3.47. The molecular weight excluding hydrogens is 544 g/mol. The van der Waals surface area contributed by atoms with Gasteiger partial charge in [0.2, 0.25) is 21.7 Å². The quantitative estimate of drug-likeness (QED) is 0.228. The predicted molar refractivity (Wildman–Crippen MR) is 149 cm³/mol. The minimum absolute atomic E-state index is 0.125. The van der Waals surface area contributed by atoms with Crippen molar-refractivity contribution < 1.29 is 22.7 Å². The van der Waals surface area contributed by atoms with Gasteiger partial charge < -0.3 is 20.2 Å². The van der Waals surface area contributed by atoms with Gasteiger partial charge in [-0.05, 0) is 42.8 Å². The Morgan fingerprint density at radius 2 is 1.90 bits per heavy atom. The topological polar surface area (TPSA) is 154 Å². The number of anilines is 2. The van der Waals surface area contributed by atoms with Gasteiger partial charge in [0.25, 0.3) is 0 Å². The molecule has 11 nitrogen and oxygen atoms in total. The number of benzene rings is 2. The lowest BCUT2D eigenvalue weighted by Gasteiger charge is -2.11. The van der Waals surface area contributed by atoms with Crippen molar-refractivity contribution in [2.75, 3.05) is 23.8 Å². The van der Waals surface area contributed by atoms with Crippen LogP contribution in [0.25, 0.3) is 16.6 Å². The highest BCUT2D eigenvalue weighted by Crippen LogP contribution is 2.33. The van der Waals surface area contributed by atoms with Crippen LogP contribution in [0.5, 0.6) is 17.4 Å². The number of nitrogens with two attached hydrogens (primary N) is 1. The fourth-order valence-corrected chi connectivity index (χ4v) is 4.77. The first-order chi connectivity index (χ1) is 18.5. The van der Waals surface area contributed by atoms with Gasteiger partial charge in [0, 0.05) is 17.0 Å². The van der Waals surface area contributed by atoms with Gasteiger partial charge in [-0.15, -0.1) is 0 Å². The number of fused-ring (bicyclic) bond motifs is 1. The Hall–Kier alpha value is -4.55. The summed E-state index contributed by atoms with van der Waals surface area (Å²) in [5, 5.41) is 5.42. The van der Waals surface area contributed by atoms with Gasteiger partial charge in [-0.1, -0.05) is 23.7 Å². The van der Waals surface area contributed by atoms with Gasteiger partial charge in [0.1, 0.15) is 17.3 Å². The molecule has 0 amide bonds. The molecule has 0 radical (unpaired) electrons. The molecule has 0 aliphatic rings. The van der Waals surface area contributed by atoms with E-state index < -0.39 is 15.8 Å². The Balaban J connectivity index is 1.44. The zero-order valence-corrected chi connectivity index (χ0v) is 22.6. The first-order valence-electron chi connectivity index (χ1n) is 11.5. The molecule has 0 bridgehead atoms. The Kier molecular flexibility index (Phi) is 6.66. The average molecular weight is 567 g/mol. The summed E-state index contributed by atoms with van der Waals surface area (Å²) < 4.78 is 38.4. The monoisotopic (exact) mass is 566 g/mol. The third kappa shape index (κ3) is 5.24. The molecule has 0 atom stereocenters. The minimum atomic E-state index is -3.54. The largest absolute Gasteiger partial charge is 0.495 e. The summed E-state index contributed by atoms with van der Waals surface area (Å²) in [6.07, 6.45) is 3.97. The number of nitrogens with one attached hydrogen (secondary N) is 2. The lowest BCUT2D eigenvalue weighted by Crippen LogP contribution is -2.10. The highest BCUT2D eigenvalue weighted by Gasteiger charge is 2.22. The molecule has 0 spiro atoms. The Morgan fingerprint density at radius 3 is 2.59 bits per heavy atom.